The van der Waals surface area contributed by atoms with Gasteiger partial charge in [-0.2, -0.15) is 0 Å². The molecule has 0 saturated heterocycles. The highest BCUT2D eigenvalue weighted by molar-refractivity contribution is 7.16. The summed E-state index contributed by atoms with van der Waals surface area (Å²) in [6, 6.07) is 0.391. The van der Waals surface area contributed by atoms with E-state index in [1.165, 1.54) is 16.9 Å². The summed E-state index contributed by atoms with van der Waals surface area (Å²) >= 11 is 1.60. The Morgan fingerprint density at radius 1 is 1.53 bits per heavy atom. The van der Waals surface area contributed by atoms with Gasteiger partial charge in [0.1, 0.15) is 0 Å². The van der Waals surface area contributed by atoms with E-state index >= 15 is 0 Å². The number of rotatable bonds is 4. The molecule has 2 aliphatic rings. The third-order valence-corrected chi connectivity index (χ3v) is 4.89. The van der Waals surface area contributed by atoms with E-state index in [1.807, 2.05) is 0 Å². The van der Waals surface area contributed by atoms with Crippen molar-refractivity contribution in [3.8, 4) is 0 Å². The Bertz CT molecular complexity index is 493. The van der Waals surface area contributed by atoms with E-state index in [2.05, 4.69) is 17.1 Å². The van der Waals surface area contributed by atoms with Crippen LogP contribution in [-0.2, 0) is 13.0 Å². The van der Waals surface area contributed by atoms with Crippen LogP contribution in [0.25, 0.3) is 0 Å². The molecule has 1 aliphatic heterocycles. The van der Waals surface area contributed by atoms with Crippen molar-refractivity contribution in [2.75, 3.05) is 18.8 Å². The van der Waals surface area contributed by atoms with E-state index in [9.17, 15) is 4.79 Å². The molecule has 5 heteroatoms. The second-order valence-electron chi connectivity index (χ2n) is 5.52. The number of carbonyl (C=O) groups is 1. The van der Waals surface area contributed by atoms with E-state index in [0.717, 1.165) is 44.5 Å². The van der Waals surface area contributed by atoms with E-state index < -0.39 is 0 Å². The summed E-state index contributed by atoms with van der Waals surface area (Å²) < 4.78 is 0. The zero-order valence-electron chi connectivity index (χ0n) is 11.4. The highest BCUT2D eigenvalue weighted by Gasteiger charge is 2.30. The molecule has 3 N–H and O–H groups in total. The van der Waals surface area contributed by atoms with Gasteiger partial charge in [-0.3, -0.25) is 9.69 Å². The molecule has 3 rings (SSSR count). The van der Waals surface area contributed by atoms with Crippen molar-refractivity contribution in [1.82, 2.24) is 10.2 Å². The standard InChI is InChI=1S/C14H21N3OS/c1-2-6-17-7-5-10-11(8-17)19-13(15)12(10)14(18)16-9-3-4-9/h9H,2-8,15H2,1H3,(H,16,18). The zero-order valence-corrected chi connectivity index (χ0v) is 12.2. The highest BCUT2D eigenvalue weighted by atomic mass is 32.1. The lowest BCUT2D eigenvalue weighted by Gasteiger charge is -2.26. The van der Waals surface area contributed by atoms with Crippen molar-refractivity contribution >= 4 is 22.2 Å². The summed E-state index contributed by atoms with van der Waals surface area (Å²) in [6.07, 6.45) is 4.35. The molecule has 0 spiro atoms. The van der Waals surface area contributed by atoms with Crippen molar-refractivity contribution in [3.63, 3.8) is 0 Å². The Labute approximate surface area is 118 Å². The van der Waals surface area contributed by atoms with Gasteiger partial charge in [-0.05, 0) is 37.8 Å². The van der Waals surface area contributed by atoms with Gasteiger partial charge in [-0.25, -0.2) is 0 Å². The number of hydrogen-bond donors (Lipinski definition) is 2. The molecule has 104 valence electrons. The molecule has 0 aromatic carbocycles. The van der Waals surface area contributed by atoms with E-state index in [1.54, 1.807) is 11.3 Å². The zero-order chi connectivity index (χ0) is 13.4. The quantitative estimate of drug-likeness (QED) is 0.886. The first-order valence-corrected chi connectivity index (χ1v) is 7.94. The number of nitrogens with two attached hydrogens (primary N) is 1. The Morgan fingerprint density at radius 2 is 2.32 bits per heavy atom. The normalized spacial score (nSPS) is 19.2. The van der Waals surface area contributed by atoms with Gasteiger partial charge in [0, 0.05) is 24.0 Å². The average Bonchev–Trinajstić information content (AvgIpc) is 3.10. The number of anilines is 1. The van der Waals surface area contributed by atoms with Crippen molar-refractivity contribution in [2.24, 2.45) is 0 Å². The first-order valence-electron chi connectivity index (χ1n) is 7.12. The summed E-state index contributed by atoms with van der Waals surface area (Å²) in [7, 11) is 0. The second-order valence-corrected chi connectivity index (χ2v) is 6.65. The van der Waals surface area contributed by atoms with Gasteiger partial charge in [0.05, 0.1) is 10.6 Å². The van der Waals surface area contributed by atoms with Crippen molar-refractivity contribution in [3.05, 3.63) is 16.0 Å². The van der Waals surface area contributed by atoms with Crippen LogP contribution in [0, 0.1) is 0 Å². The van der Waals surface area contributed by atoms with Crippen molar-refractivity contribution in [2.45, 2.75) is 45.2 Å². The smallest absolute Gasteiger partial charge is 0.254 e. The Hall–Kier alpha value is -1.07. The third kappa shape index (κ3) is 2.62. The maximum Gasteiger partial charge on any atom is 0.254 e. The Kier molecular flexibility index (Phi) is 3.50. The van der Waals surface area contributed by atoms with Gasteiger partial charge < -0.3 is 11.1 Å². The van der Waals surface area contributed by atoms with Gasteiger partial charge in [0.2, 0.25) is 0 Å². The van der Waals surface area contributed by atoms with Crippen LogP contribution in [0.1, 0.15) is 47.0 Å². The minimum Gasteiger partial charge on any atom is -0.390 e. The molecule has 1 aromatic heterocycles. The molecule has 1 aliphatic carbocycles. The molecule has 0 bridgehead atoms. The van der Waals surface area contributed by atoms with Crippen LogP contribution in [0.3, 0.4) is 0 Å². The fourth-order valence-corrected chi connectivity index (χ4v) is 3.88. The fourth-order valence-electron chi connectivity index (χ4n) is 2.72. The molecule has 0 radical (unpaired) electrons. The lowest BCUT2D eigenvalue weighted by Crippen LogP contribution is -2.32. The molecule has 1 fully saturated rings. The molecule has 2 heterocycles. The van der Waals surface area contributed by atoms with E-state index in [-0.39, 0.29) is 5.91 Å². The van der Waals surface area contributed by atoms with Crippen molar-refractivity contribution in [1.29, 1.82) is 0 Å². The van der Waals surface area contributed by atoms with Gasteiger partial charge in [-0.15, -0.1) is 11.3 Å². The second kappa shape index (κ2) is 5.13. The first kappa shape index (κ1) is 12.9. The molecule has 1 saturated carbocycles. The van der Waals surface area contributed by atoms with E-state index in [0.29, 0.717) is 11.0 Å². The predicted octanol–water partition coefficient (Wildman–Crippen LogP) is 1.99. The number of amides is 1. The molecular formula is C14H21N3OS. The molecule has 0 atom stereocenters. The number of hydrogen-bond acceptors (Lipinski definition) is 4. The summed E-state index contributed by atoms with van der Waals surface area (Å²) in [6.45, 7) is 5.32. The molecule has 1 aromatic rings. The largest absolute Gasteiger partial charge is 0.390 e. The number of nitrogen functional groups attached to an aromatic ring is 1. The van der Waals surface area contributed by atoms with Crippen LogP contribution < -0.4 is 11.1 Å². The van der Waals surface area contributed by atoms with E-state index in [4.69, 9.17) is 5.73 Å². The van der Waals surface area contributed by atoms with Crippen LogP contribution in [0.15, 0.2) is 0 Å². The summed E-state index contributed by atoms with van der Waals surface area (Å²) in [5.74, 6) is 0.0430. The van der Waals surface area contributed by atoms with Gasteiger partial charge in [0.15, 0.2) is 0 Å². The third-order valence-electron chi connectivity index (χ3n) is 3.84. The minimum atomic E-state index is 0.0430. The lowest BCUT2D eigenvalue weighted by atomic mass is 10.0. The molecule has 4 nitrogen and oxygen atoms in total. The van der Waals surface area contributed by atoms with Crippen LogP contribution in [-0.4, -0.2) is 29.9 Å². The molecule has 1 amide bonds. The maximum atomic E-state index is 12.3. The van der Waals surface area contributed by atoms with Crippen LogP contribution in [0.2, 0.25) is 0 Å². The van der Waals surface area contributed by atoms with Crippen LogP contribution >= 0.6 is 11.3 Å². The number of nitrogens with zero attached hydrogens (tertiary/aromatic N) is 1. The number of nitrogens with one attached hydrogen (secondary N) is 1. The molecular weight excluding hydrogens is 258 g/mol. The Balaban J connectivity index is 1.80. The predicted molar refractivity (Wildman–Crippen MR) is 78.5 cm³/mol. The number of fused-ring (bicyclic) bond motifs is 1. The van der Waals surface area contributed by atoms with Gasteiger partial charge >= 0.3 is 0 Å². The average molecular weight is 279 g/mol. The topological polar surface area (TPSA) is 58.4 Å². The lowest BCUT2D eigenvalue weighted by molar-refractivity contribution is 0.0950. The Morgan fingerprint density at radius 3 is 3.00 bits per heavy atom. The highest BCUT2D eigenvalue weighted by Crippen LogP contribution is 2.35. The number of carbonyl (C=O) groups excluding carboxylic acids is 1. The fraction of sp³-hybridized carbons (Fsp3) is 0.643. The van der Waals surface area contributed by atoms with Gasteiger partial charge in [-0.1, -0.05) is 6.92 Å². The summed E-state index contributed by atoms with van der Waals surface area (Å²) in [5, 5.41) is 3.75. The summed E-state index contributed by atoms with van der Waals surface area (Å²) in [5.41, 5.74) is 8.05. The SMILES string of the molecule is CCCN1CCc2c(sc(N)c2C(=O)NC2CC2)C1. The first-order chi connectivity index (χ1) is 9.19. The van der Waals surface area contributed by atoms with Crippen molar-refractivity contribution < 1.29 is 4.79 Å². The molecule has 19 heavy (non-hydrogen) atoms. The van der Waals surface area contributed by atoms with Crippen LogP contribution in [0.4, 0.5) is 5.00 Å². The maximum absolute atomic E-state index is 12.3. The summed E-state index contributed by atoms with van der Waals surface area (Å²) in [4.78, 5) is 16.0. The van der Waals surface area contributed by atoms with Gasteiger partial charge in [0.25, 0.3) is 5.91 Å². The molecule has 0 unspecified atom stereocenters. The van der Waals surface area contributed by atoms with Crippen LogP contribution in [0.5, 0.6) is 0 Å². The minimum absolute atomic E-state index is 0.0430. The monoisotopic (exact) mass is 279 g/mol. The number of thiophene rings is 1.